The normalized spacial score (nSPS) is 20.2. The number of pyridine rings is 1. The van der Waals surface area contributed by atoms with Gasteiger partial charge >= 0.3 is 0 Å². The number of nitro groups is 1. The summed E-state index contributed by atoms with van der Waals surface area (Å²) in [5, 5.41) is 19.3. The van der Waals surface area contributed by atoms with Gasteiger partial charge in [0.15, 0.2) is 0 Å². The lowest BCUT2D eigenvalue weighted by Crippen LogP contribution is -2.37. The quantitative estimate of drug-likeness (QED) is 0.631. The molecule has 1 saturated carbocycles. The molecule has 10 heteroatoms. The summed E-state index contributed by atoms with van der Waals surface area (Å²) < 4.78 is 2.15. The Labute approximate surface area is 149 Å². The molecule has 1 saturated heterocycles. The van der Waals surface area contributed by atoms with Crippen LogP contribution < -0.4 is 10.6 Å². The second kappa shape index (κ2) is 6.36. The molecule has 2 aromatic rings. The maximum atomic E-state index is 11.8. The van der Waals surface area contributed by atoms with Crippen molar-refractivity contribution >= 4 is 17.4 Å². The molecule has 1 amide bonds. The van der Waals surface area contributed by atoms with E-state index in [0.717, 1.165) is 37.7 Å². The molecule has 26 heavy (non-hydrogen) atoms. The van der Waals surface area contributed by atoms with Crippen molar-refractivity contribution in [3.8, 4) is 0 Å². The Hall–Kier alpha value is -3.04. The predicted octanol–water partition coefficient (Wildman–Crippen LogP) is 1.40. The number of rotatable bonds is 5. The smallest absolute Gasteiger partial charge is 0.288 e. The third-order valence-electron chi connectivity index (χ3n) is 4.96. The number of carbonyl (C=O) groups is 1. The molecule has 10 nitrogen and oxygen atoms in total. The first-order valence-electron chi connectivity index (χ1n) is 8.63. The zero-order chi connectivity index (χ0) is 18.3. The Morgan fingerprint density at radius 2 is 2.15 bits per heavy atom. The molecule has 3 heterocycles. The van der Waals surface area contributed by atoms with Crippen molar-refractivity contribution in [3.05, 3.63) is 40.1 Å². The highest BCUT2D eigenvalue weighted by Gasteiger charge is 2.32. The maximum Gasteiger partial charge on any atom is 0.288 e. The minimum absolute atomic E-state index is 0.0727. The summed E-state index contributed by atoms with van der Waals surface area (Å²) in [6.45, 7) is 1.33. The molecule has 1 aliphatic carbocycles. The first kappa shape index (κ1) is 16.4. The van der Waals surface area contributed by atoms with Crippen molar-refractivity contribution in [2.45, 2.75) is 37.6 Å². The highest BCUT2D eigenvalue weighted by atomic mass is 16.6. The zero-order valence-corrected chi connectivity index (χ0v) is 14.1. The van der Waals surface area contributed by atoms with Crippen molar-refractivity contribution in [2.24, 2.45) is 5.73 Å². The van der Waals surface area contributed by atoms with Crippen molar-refractivity contribution in [3.63, 3.8) is 0 Å². The largest absolute Gasteiger partial charge is 0.365 e. The summed E-state index contributed by atoms with van der Waals surface area (Å²) in [7, 11) is 0. The van der Waals surface area contributed by atoms with E-state index in [9.17, 15) is 14.9 Å². The van der Waals surface area contributed by atoms with Crippen LogP contribution >= 0.6 is 0 Å². The number of carbonyl (C=O) groups excluding carboxylic acids is 1. The van der Waals surface area contributed by atoms with Gasteiger partial charge in [-0.15, -0.1) is 10.2 Å². The second-order valence-corrected chi connectivity index (χ2v) is 6.80. The van der Waals surface area contributed by atoms with Gasteiger partial charge < -0.3 is 15.2 Å². The number of anilines is 1. The van der Waals surface area contributed by atoms with Crippen molar-refractivity contribution < 1.29 is 9.72 Å². The molecule has 0 bridgehead atoms. The molecule has 1 unspecified atom stereocenters. The number of amides is 1. The van der Waals surface area contributed by atoms with Gasteiger partial charge in [0, 0.05) is 31.1 Å². The standard InChI is InChI=1S/C16H19N7O3/c17-14(24)13-6-12(23(25)26)7-18-16(13)21-5-1-2-10(8-21)15-20-19-9-22(15)11-3-4-11/h6-7,9-11H,1-5,8H2,(H2,17,24). The SMILES string of the molecule is NC(=O)c1cc([N+](=O)[O-])cnc1N1CCCC(c2nncn2C2CC2)C1. The van der Waals surface area contributed by atoms with Crippen LogP contribution in [0.3, 0.4) is 0 Å². The molecule has 1 aliphatic heterocycles. The van der Waals surface area contributed by atoms with Crippen LogP contribution in [-0.4, -0.2) is 43.7 Å². The van der Waals surface area contributed by atoms with Gasteiger partial charge in [-0.1, -0.05) is 0 Å². The monoisotopic (exact) mass is 357 g/mol. The molecule has 4 rings (SSSR count). The van der Waals surface area contributed by atoms with E-state index in [1.165, 1.54) is 6.07 Å². The zero-order valence-electron chi connectivity index (χ0n) is 14.1. The van der Waals surface area contributed by atoms with Crippen LogP contribution in [0, 0.1) is 10.1 Å². The summed E-state index contributed by atoms with van der Waals surface area (Å²) >= 11 is 0. The van der Waals surface area contributed by atoms with E-state index < -0.39 is 10.8 Å². The van der Waals surface area contributed by atoms with Gasteiger partial charge in [-0.05, 0) is 25.7 Å². The predicted molar refractivity (Wildman–Crippen MR) is 91.9 cm³/mol. The molecule has 0 aromatic carbocycles. The van der Waals surface area contributed by atoms with Gasteiger partial charge in [0.2, 0.25) is 0 Å². The van der Waals surface area contributed by atoms with E-state index in [4.69, 9.17) is 5.73 Å². The van der Waals surface area contributed by atoms with Gasteiger partial charge in [-0.2, -0.15) is 0 Å². The molecular weight excluding hydrogens is 338 g/mol. The van der Waals surface area contributed by atoms with E-state index in [-0.39, 0.29) is 17.2 Å². The fraction of sp³-hybridized carbons (Fsp3) is 0.500. The molecule has 0 radical (unpaired) electrons. The van der Waals surface area contributed by atoms with Crippen LogP contribution in [0.2, 0.25) is 0 Å². The number of hydrogen-bond donors (Lipinski definition) is 1. The van der Waals surface area contributed by atoms with Crippen LogP contribution in [0.5, 0.6) is 0 Å². The Balaban J connectivity index is 1.62. The van der Waals surface area contributed by atoms with Crippen LogP contribution in [0.1, 0.15) is 53.8 Å². The summed E-state index contributed by atoms with van der Waals surface area (Å²) in [6, 6.07) is 1.69. The van der Waals surface area contributed by atoms with Gasteiger partial charge in [-0.25, -0.2) is 4.98 Å². The van der Waals surface area contributed by atoms with E-state index in [1.54, 1.807) is 6.33 Å². The molecular formula is C16H19N7O3. The summed E-state index contributed by atoms with van der Waals surface area (Å²) in [5.74, 6) is 0.800. The lowest BCUT2D eigenvalue weighted by Gasteiger charge is -2.33. The van der Waals surface area contributed by atoms with E-state index in [2.05, 4.69) is 19.7 Å². The highest BCUT2D eigenvalue weighted by molar-refractivity contribution is 5.98. The second-order valence-electron chi connectivity index (χ2n) is 6.80. The third kappa shape index (κ3) is 2.98. The first-order chi connectivity index (χ1) is 12.5. The van der Waals surface area contributed by atoms with Gasteiger partial charge in [-0.3, -0.25) is 14.9 Å². The highest BCUT2D eigenvalue weighted by Crippen LogP contribution is 2.38. The molecule has 2 aromatic heterocycles. The average Bonchev–Trinajstić information content (AvgIpc) is 3.37. The Morgan fingerprint density at radius 3 is 2.85 bits per heavy atom. The minimum Gasteiger partial charge on any atom is -0.365 e. The lowest BCUT2D eigenvalue weighted by atomic mass is 9.96. The average molecular weight is 357 g/mol. The van der Waals surface area contributed by atoms with Crippen LogP contribution in [-0.2, 0) is 0 Å². The number of nitrogens with zero attached hydrogens (tertiary/aromatic N) is 6. The minimum atomic E-state index is -0.723. The summed E-state index contributed by atoms with van der Waals surface area (Å²) in [6.07, 6.45) is 7.12. The maximum absolute atomic E-state index is 11.8. The number of primary amides is 1. The molecule has 0 spiro atoms. The molecule has 2 fully saturated rings. The number of nitrogens with two attached hydrogens (primary N) is 1. The van der Waals surface area contributed by atoms with Gasteiger partial charge in [0.05, 0.1) is 10.5 Å². The van der Waals surface area contributed by atoms with Crippen molar-refractivity contribution in [1.29, 1.82) is 0 Å². The fourth-order valence-corrected chi connectivity index (χ4v) is 3.54. The Bertz CT molecular complexity index is 861. The van der Waals surface area contributed by atoms with Crippen molar-refractivity contribution in [1.82, 2.24) is 19.7 Å². The van der Waals surface area contributed by atoms with E-state index >= 15 is 0 Å². The summed E-state index contributed by atoms with van der Waals surface area (Å²) in [5.41, 5.74) is 5.26. The Kier molecular flexibility index (Phi) is 4.02. The molecule has 2 aliphatic rings. The van der Waals surface area contributed by atoms with Crippen LogP contribution in [0.4, 0.5) is 11.5 Å². The number of hydrogen-bond acceptors (Lipinski definition) is 7. The number of piperidine rings is 1. The number of aromatic nitrogens is 4. The topological polar surface area (TPSA) is 133 Å². The van der Waals surface area contributed by atoms with Crippen LogP contribution in [0.15, 0.2) is 18.6 Å². The van der Waals surface area contributed by atoms with Gasteiger partial charge in [0.25, 0.3) is 11.6 Å². The van der Waals surface area contributed by atoms with E-state index in [1.807, 2.05) is 4.90 Å². The van der Waals surface area contributed by atoms with E-state index in [0.29, 0.717) is 24.9 Å². The summed E-state index contributed by atoms with van der Waals surface area (Å²) in [4.78, 5) is 28.3. The molecule has 1 atom stereocenters. The molecule has 136 valence electrons. The van der Waals surface area contributed by atoms with Crippen LogP contribution in [0.25, 0.3) is 0 Å². The molecule has 2 N–H and O–H groups in total. The third-order valence-corrected chi connectivity index (χ3v) is 4.96. The fourth-order valence-electron chi connectivity index (χ4n) is 3.54. The first-order valence-corrected chi connectivity index (χ1v) is 8.63. The van der Waals surface area contributed by atoms with Gasteiger partial charge in [0.1, 0.15) is 24.2 Å². The Morgan fingerprint density at radius 1 is 1.35 bits per heavy atom. The lowest BCUT2D eigenvalue weighted by molar-refractivity contribution is -0.385. The van der Waals surface area contributed by atoms with Crippen molar-refractivity contribution in [2.75, 3.05) is 18.0 Å².